The van der Waals surface area contributed by atoms with E-state index in [2.05, 4.69) is 9.55 Å². The molecular weight excluding hydrogens is 227 g/mol. The van der Waals surface area contributed by atoms with E-state index in [0.717, 1.165) is 19.6 Å². The summed E-state index contributed by atoms with van der Waals surface area (Å²) in [5, 5.41) is 0. The van der Waals surface area contributed by atoms with Gasteiger partial charge in [-0.05, 0) is 12.8 Å². The lowest BCUT2D eigenvalue weighted by Gasteiger charge is -1.96. The molecule has 1 aromatic rings. The van der Waals surface area contributed by atoms with Gasteiger partial charge in [-0.25, -0.2) is 4.57 Å². The normalized spacial score (nSPS) is 10.8. The number of nitrogens with zero attached hydrogens (tertiary/aromatic N) is 1. The Bertz CT molecular complexity index is 247. The fraction of sp³-hybridized carbons (Fsp3) is 0.625. The van der Waals surface area contributed by atoms with Crippen molar-refractivity contribution in [2.75, 3.05) is 13.7 Å². The summed E-state index contributed by atoms with van der Waals surface area (Å²) in [5.41, 5.74) is 0. The second kappa shape index (κ2) is 8.15. The first kappa shape index (κ1) is 15.0. The van der Waals surface area contributed by atoms with E-state index in [9.17, 15) is 17.3 Å². The number of hydrogen-bond acceptors (Lipinski definition) is 1. The fourth-order valence-electron chi connectivity index (χ4n) is 1.00. The van der Waals surface area contributed by atoms with E-state index in [1.54, 1.807) is 7.11 Å². The average molecular weight is 242 g/mol. The van der Waals surface area contributed by atoms with Gasteiger partial charge in [0.2, 0.25) is 6.33 Å². The molecule has 0 amide bonds. The summed E-state index contributed by atoms with van der Waals surface area (Å²) >= 11 is 0. The van der Waals surface area contributed by atoms with E-state index in [1.807, 2.05) is 18.7 Å². The van der Waals surface area contributed by atoms with Crippen molar-refractivity contribution in [1.29, 1.82) is 0 Å². The zero-order valence-corrected chi connectivity index (χ0v) is 9.01. The molecule has 1 heterocycles. The Morgan fingerprint density at radius 3 is 2.31 bits per heavy atom. The number of hydrogen-bond donors (Lipinski definition) is 1. The maximum atomic E-state index is 9.75. The van der Waals surface area contributed by atoms with Gasteiger partial charge in [0.15, 0.2) is 0 Å². The third kappa shape index (κ3) is 13.0. The molecule has 0 fully saturated rings. The van der Waals surface area contributed by atoms with Crippen molar-refractivity contribution in [3.8, 4) is 0 Å². The largest absolute Gasteiger partial charge is 0.673 e. The number of halogens is 4. The number of rotatable bonds is 5. The first-order valence-electron chi connectivity index (χ1n) is 4.81. The third-order valence-electron chi connectivity index (χ3n) is 1.62. The van der Waals surface area contributed by atoms with E-state index in [0.29, 0.717) is 0 Å². The van der Waals surface area contributed by atoms with Crippen LogP contribution in [0.1, 0.15) is 12.8 Å². The van der Waals surface area contributed by atoms with E-state index in [-0.39, 0.29) is 0 Å². The highest BCUT2D eigenvalue weighted by molar-refractivity contribution is 6.50. The summed E-state index contributed by atoms with van der Waals surface area (Å²) in [5.74, 6) is 0. The van der Waals surface area contributed by atoms with Crippen molar-refractivity contribution in [1.82, 2.24) is 4.98 Å². The van der Waals surface area contributed by atoms with Crippen molar-refractivity contribution in [2.45, 2.75) is 19.4 Å². The Morgan fingerprint density at radius 2 is 1.88 bits per heavy atom. The number of nitrogens with one attached hydrogen (secondary N) is 1. The Kier molecular flexibility index (Phi) is 7.62. The van der Waals surface area contributed by atoms with Crippen LogP contribution in [0.15, 0.2) is 18.7 Å². The van der Waals surface area contributed by atoms with E-state index in [4.69, 9.17) is 4.74 Å². The van der Waals surface area contributed by atoms with Crippen LogP contribution in [-0.4, -0.2) is 26.0 Å². The van der Waals surface area contributed by atoms with Crippen LogP contribution < -0.4 is 4.57 Å². The quantitative estimate of drug-likeness (QED) is 0.364. The Balaban J connectivity index is 0.000000385. The van der Waals surface area contributed by atoms with Gasteiger partial charge in [0.05, 0.1) is 6.54 Å². The summed E-state index contributed by atoms with van der Waals surface area (Å²) in [6.45, 7) is 1.94. The topological polar surface area (TPSA) is 28.9 Å². The number of ether oxygens (including phenoxy) is 1. The van der Waals surface area contributed by atoms with Crippen molar-refractivity contribution in [3.05, 3.63) is 18.7 Å². The fourth-order valence-corrected chi connectivity index (χ4v) is 1.00. The second-order valence-corrected chi connectivity index (χ2v) is 3.04. The van der Waals surface area contributed by atoms with Crippen LogP contribution in [0, 0.1) is 0 Å². The van der Waals surface area contributed by atoms with Crippen molar-refractivity contribution in [3.63, 3.8) is 0 Å². The van der Waals surface area contributed by atoms with E-state index >= 15 is 0 Å². The van der Waals surface area contributed by atoms with E-state index < -0.39 is 7.25 Å². The highest BCUT2D eigenvalue weighted by Gasteiger charge is 2.20. The highest BCUT2D eigenvalue weighted by Crippen LogP contribution is 2.06. The first-order valence-corrected chi connectivity index (χ1v) is 4.81. The van der Waals surface area contributed by atoms with Gasteiger partial charge < -0.3 is 22.0 Å². The van der Waals surface area contributed by atoms with Gasteiger partial charge >= 0.3 is 7.25 Å². The van der Waals surface area contributed by atoms with Crippen LogP contribution in [0.5, 0.6) is 0 Å². The molecular formula is C8H15BF4N2O. The summed E-state index contributed by atoms with van der Waals surface area (Å²) in [4.78, 5) is 3.00. The predicted octanol–water partition coefficient (Wildman–Crippen LogP) is 2.03. The molecule has 0 bridgehead atoms. The van der Waals surface area contributed by atoms with Crippen LogP contribution in [0.25, 0.3) is 0 Å². The van der Waals surface area contributed by atoms with Gasteiger partial charge in [0.1, 0.15) is 12.4 Å². The van der Waals surface area contributed by atoms with Crippen molar-refractivity contribution in [2.24, 2.45) is 0 Å². The molecule has 1 N–H and O–H groups in total. The molecule has 1 aromatic heterocycles. The zero-order valence-electron chi connectivity index (χ0n) is 9.01. The Morgan fingerprint density at radius 1 is 1.25 bits per heavy atom. The monoisotopic (exact) mass is 242 g/mol. The van der Waals surface area contributed by atoms with Crippen molar-refractivity contribution < 1.29 is 26.6 Å². The SMILES string of the molecule is COCCCC[n+]1cc[nH]c1.F[B-](F)(F)F. The second-order valence-electron chi connectivity index (χ2n) is 3.04. The summed E-state index contributed by atoms with van der Waals surface area (Å²) < 4.78 is 46.1. The van der Waals surface area contributed by atoms with E-state index in [1.165, 1.54) is 6.42 Å². The molecule has 1 rings (SSSR count). The number of imidazole rings is 1. The lowest BCUT2D eigenvalue weighted by Crippen LogP contribution is -2.30. The molecule has 3 nitrogen and oxygen atoms in total. The minimum absolute atomic E-state index is 0.866. The number of H-pyrrole nitrogens is 1. The van der Waals surface area contributed by atoms with Crippen LogP contribution in [-0.2, 0) is 11.3 Å². The van der Waals surface area contributed by atoms with Gasteiger partial charge in [-0.1, -0.05) is 0 Å². The third-order valence-corrected chi connectivity index (χ3v) is 1.62. The summed E-state index contributed by atoms with van der Waals surface area (Å²) in [7, 11) is -4.26. The van der Waals surface area contributed by atoms with Gasteiger partial charge in [0.25, 0.3) is 0 Å². The van der Waals surface area contributed by atoms with Crippen LogP contribution >= 0.6 is 0 Å². The molecule has 0 spiro atoms. The Labute approximate surface area is 91.5 Å². The maximum Gasteiger partial charge on any atom is 0.673 e. The minimum Gasteiger partial charge on any atom is -0.418 e. The molecule has 0 unspecified atom stereocenters. The molecule has 0 atom stereocenters. The molecule has 0 saturated carbocycles. The van der Waals surface area contributed by atoms with Crippen LogP contribution in [0.2, 0.25) is 0 Å². The molecule has 0 aliphatic heterocycles. The molecule has 0 aromatic carbocycles. The smallest absolute Gasteiger partial charge is 0.418 e. The number of aryl methyl sites for hydroxylation is 1. The average Bonchev–Trinajstić information content (AvgIpc) is 2.62. The Hall–Kier alpha value is -1.05. The molecule has 0 aliphatic rings. The lowest BCUT2D eigenvalue weighted by molar-refractivity contribution is -0.696. The predicted molar refractivity (Wildman–Crippen MR) is 52.3 cm³/mol. The number of aromatic nitrogens is 2. The maximum absolute atomic E-state index is 9.75. The minimum atomic E-state index is -6.00. The molecule has 0 aliphatic carbocycles. The van der Waals surface area contributed by atoms with Gasteiger partial charge in [-0.3, -0.25) is 4.98 Å². The molecule has 16 heavy (non-hydrogen) atoms. The standard InChI is InChI=1S/C8H14N2O.BF4/c1-11-7-3-2-5-10-6-4-9-8-10;2-1(3,4)5/h4,6,8H,2-3,5,7H2,1H3;/q;-1/p+1. The van der Waals surface area contributed by atoms with Gasteiger partial charge in [0, 0.05) is 13.7 Å². The van der Waals surface area contributed by atoms with Crippen molar-refractivity contribution >= 4 is 7.25 Å². The number of methoxy groups -OCH3 is 1. The lowest BCUT2D eigenvalue weighted by atomic mass is 10.3. The van der Waals surface area contributed by atoms with Crippen LogP contribution in [0.3, 0.4) is 0 Å². The summed E-state index contributed by atoms with van der Waals surface area (Å²) in [6.07, 6.45) is 8.24. The molecule has 0 radical (unpaired) electrons. The number of aromatic amines is 1. The van der Waals surface area contributed by atoms with Gasteiger partial charge in [-0.15, -0.1) is 0 Å². The van der Waals surface area contributed by atoms with Gasteiger partial charge in [-0.2, -0.15) is 0 Å². The molecule has 8 heteroatoms. The van der Waals surface area contributed by atoms with Crippen LogP contribution in [0.4, 0.5) is 17.3 Å². The highest BCUT2D eigenvalue weighted by atomic mass is 19.5. The first-order chi connectivity index (χ1) is 7.43. The number of unbranched alkanes of at least 4 members (excludes halogenated alkanes) is 1. The summed E-state index contributed by atoms with van der Waals surface area (Å²) in [6, 6.07) is 0. The molecule has 0 saturated heterocycles. The zero-order chi connectivity index (χ0) is 12.4. The molecule has 94 valence electrons.